The van der Waals surface area contributed by atoms with Gasteiger partial charge in [-0.05, 0) is 23.6 Å². The normalized spacial score (nSPS) is 18.1. The molecule has 0 saturated heterocycles. The fraction of sp³-hybridized carbons (Fsp3) is 0.292. The number of esters is 1. The van der Waals surface area contributed by atoms with Crippen LogP contribution in [-0.2, 0) is 9.53 Å². The Labute approximate surface area is 174 Å². The summed E-state index contributed by atoms with van der Waals surface area (Å²) in [4.78, 5) is 38.4. The number of fused-ring (bicyclic) bond motifs is 1. The molecule has 2 aromatic rings. The van der Waals surface area contributed by atoms with Gasteiger partial charge in [0.2, 0.25) is 5.78 Å². The first kappa shape index (κ1) is 19.9. The van der Waals surface area contributed by atoms with Crippen LogP contribution >= 0.6 is 0 Å². The molecule has 1 aliphatic heterocycles. The molecule has 4 rings (SSSR count). The monoisotopic (exact) mass is 406 g/mol. The Hall–Kier alpha value is -3.41. The van der Waals surface area contributed by atoms with Crippen molar-refractivity contribution < 1.29 is 28.6 Å². The molecule has 0 bridgehead atoms. The Balaban J connectivity index is 1.77. The van der Waals surface area contributed by atoms with Gasteiger partial charge in [0.05, 0.1) is 25.7 Å². The van der Waals surface area contributed by atoms with E-state index in [0.29, 0.717) is 35.2 Å². The van der Waals surface area contributed by atoms with Crippen molar-refractivity contribution in [3.8, 4) is 11.5 Å². The smallest absolute Gasteiger partial charge is 0.312 e. The van der Waals surface area contributed by atoms with Gasteiger partial charge in [-0.3, -0.25) is 14.4 Å². The molecule has 0 radical (unpaired) electrons. The SMILES string of the molecule is COc1cc(C2CC(=O)OC3=C2C(=O)c2ccccc2C3=O)ccc1OCC(C)C. The largest absolute Gasteiger partial charge is 0.493 e. The first-order valence-corrected chi connectivity index (χ1v) is 9.84. The predicted molar refractivity (Wildman–Crippen MR) is 109 cm³/mol. The third-order valence-electron chi connectivity index (χ3n) is 5.21. The van der Waals surface area contributed by atoms with Gasteiger partial charge in [0, 0.05) is 17.0 Å². The number of carbonyl (C=O) groups is 3. The number of rotatable bonds is 5. The fourth-order valence-electron chi connectivity index (χ4n) is 3.78. The minimum atomic E-state index is -0.598. The Morgan fingerprint density at radius 1 is 1.00 bits per heavy atom. The highest BCUT2D eigenvalue weighted by Gasteiger charge is 2.43. The van der Waals surface area contributed by atoms with E-state index in [1.165, 1.54) is 7.11 Å². The lowest BCUT2D eigenvalue weighted by Gasteiger charge is -2.30. The summed E-state index contributed by atoms with van der Waals surface area (Å²) in [7, 11) is 1.53. The number of carbonyl (C=O) groups excluding carboxylic acids is 3. The lowest BCUT2D eigenvalue weighted by molar-refractivity contribution is -0.140. The van der Waals surface area contributed by atoms with E-state index in [9.17, 15) is 14.4 Å². The van der Waals surface area contributed by atoms with E-state index in [0.717, 1.165) is 0 Å². The summed E-state index contributed by atoms with van der Waals surface area (Å²) in [6, 6.07) is 11.9. The zero-order valence-electron chi connectivity index (χ0n) is 17.1. The Kier molecular flexibility index (Phi) is 5.16. The Bertz CT molecular complexity index is 1080. The van der Waals surface area contributed by atoms with E-state index >= 15 is 0 Å². The number of benzene rings is 2. The highest BCUT2D eigenvalue weighted by atomic mass is 16.5. The summed E-state index contributed by atoms with van der Waals surface area (Å²) in [5.41, 5.74) is 1.49. The zero-order chi connectivity index (χ0) is 21.4. The zero-order valence-corrected chi connectivity index (χ0v) is 17.1. The van der Waals surface area contributed by atoms with Gasteiger partial charge in [-0.1, -0.05) is 44.2 Å². The first-order valence-electron chi connectivity index (χ1n) is 9.84. The second-order valence-corrected chi connectivity index (χ2v) is 7.79. The van der Waals surface area contributed by atoms with Crippen LogP contribution in [0, 0.1) is 5.92 Å². The molecule has 30 heavy (non-hydrogen) atoms. The number of Topliss-reactive ketones (excluding diaryl/α,β-unsaturated/α-hetero) is 2. The van der Waals surface area contributed by atoms with Gasteiger partial charge in [-0.2, -0.15) is 0 Å². The third kappa shape index (κ3) is 3.38. The van der Waals surface area contributed by atoms with Crippen molar-refractivity contribution in [3.05, 3.63) is 70.5 Å². The highest BCUT2D eigenvalue weighted by molar-refractivity contribution is 6.27. The second-order valence-electron chi connectivity index (χ2n) is 7.79. The van der Waals surface area contributed by atoms with Crippen molar-refractivity contribution >= 4 is 17.5 Å². The summed E-state index contributed by atoms with van der Waals surface area (Å²) >= 11 is 0. The second kappa shape index (κ2) is 7.78. The van der Waals surface area contributed by atoms with E-state index in [1.54, 1.807) is 42.5 Å². The van der Waals surface area contributed by atoms with Crippen molar-refractivity contribution in [1.82, 2.24) is 0 Å². The third-order valence-corrected chi connectivity index (χ3v) is 5.21. The molecule has 1 atom stereocenters. The molecule has 154 valence electrons. The van der Waals surface area contributed by atoms with Gasteiger partial charge >= 0.3 is 5.97 Å². The number of ether oxygens (including phenoxy) is 3. The molecule has 0 spiro atoms. The highest BCUT2D eigenvalue weighted by Crippen LogP contribution is 2.43. The van der Waals surface area contributed by atoms with Gasteiger partial charge in [-0.15, -0.1) is 0 Å². The van der Waals surface area contributed by atoms with Crippen molar-refractivity contribution in [1.29, 1.82) is 0 Å². The molecule has 1 heterocycles. The van der Waals surface area contributed by atoms with E-state index in [-0.39, 0.29) is 29.1 Å². The molecule has 6 heteroatoms. The minimum Gasteiger partial charge on any atom is -0.493 e. The van der Waals surface area contributed by atoms with Crippen molar-refractivity contribution in [3.63, 3.8) is 0 Å². The van der Waals surface area contributed by atoms with Crippen LogP contribution in [0.5, 0.6) is 11.5 Å². The van der Waals surface area contributed by atoms with Crippen molar-refractivity contribution in [2.24, 2.45) is 5.92 Å². The van der Waals surface area contributed by atoms with Gasteiger partial charge < -0.3 is 14.2 Å². The number of ketones is 2. The maximum absolute atomic E-state index is 13.2. The average molecular weight is 406 g/mol. The van der Waals surface area contributed by atoms with Crippen LogP contribution < -0.4 is 9.47 Å². The Morgan fingerprint density at radius 3 is 2.37 bits per heavy atom. The minimum absolute atomic E-state index is 0.0324. The molecule has 1 unspecified atom stereocenters. The molecule has 2 aliphatic rings. The lowest BCUT2D eigenvalue weighted by Crippen LogP contribution is -2.32. The molecule has 1 aliphatic carbocycles. The summed E-state index contributed by atoms with van der Waals surface area (Å²) < 4.78 is 16.5. The van der Waals surface area contributed by atoms with E-state index < -0.39 is 17.7 Å². The Morgan fingerprint density at radius 2 is 1.70 bits per heavy atom. The predicted octanol–water partition coefficient (Wildman–Crippen LogP) is 4.09. The standard InChI is InChI=1S/C24H22O6/c1-13(2)12-29-18-9-8-14(10-19(18)28-3)17-11-20(25)30-24-21(17)22(26)15-6-4-5-7-16(15)23(24)27/h4-10,13,17H,11-12H2,1-3H3. The first-order chi connectivity index (χ1) is 14.4. The van der Waals surface area contributed by atoms with E-state index in [2.05, 4.69) is 0 Å². The average Bonchev–Trinajstić information content (AvgIpc) is 2.75. The van der Waals surface area contributed by atoms with Crippen LogP contribution in [0.2, 0.25) is 0 Å². The summed E-state index contributed by atoms with van der Waals surface area (Å²) in [5.74, 6) is -0.611. The fourth-order valence-corrected chi connectivity index (χ4v) is 3.78. The number of methoxy groups -OCH3 is 1. The number of hydrogen-bond acceptors (Lipinski definition) is 6. The molecule has 2 aromatic carbocycles. The van der Waals surface area contributed by atoms with Gasteiger partial charge in [0.25, 0.3) is 0 Å². The number of allylic oxidation sites excluding steroid dienone is 2. The van der Waals surface area contributed by atoms with E-state index in [1.807, 2.05) is 13.8 Å². The molecule has 0 amide bonds. The van der Waals surface area contributed by atoms with Gasteiger partial charge in [-0.25, -0.2) is 0 Å². The summed E-state index contributed by atoms with van der Waals surface area (Å²) in [6.07, 6.45) is -0.0324. The molecule has 6 nitrogen and oxygen atoms in total. The van der Waals surface area contributed by atoms with Crippen LogP contribution in [0.1, 0.15) is 52.5 Å². The molecular weight excluding hydrogens is 384 g/mol. The summed E-state index contributed by atoms with van der Waals surface area (Å²) in [5, 5.41) is 0. The summed E-state index contributed by atoms with van der Waals surface area (Å²) in [6.45, 7) is 4.63. The van der Waals surface area contributed by atoms with Crippen LogP contribution in [0.15, 0.2) is 53.8 Å². The van der Waals surface area contributed by atoms with E-state index in [4.69, 9.17) is 14.2 Å². The molecule has 0 aromatic heterocycles. The quantitative estimate of drug-likeness (QED) is 0.696. The van der Waals surface area contributed by atoms with Crippen LogP contribution in [-0.4, -0.2) is 31.3 Å². The molecule has 0 N–H and O–H groups in total. The van der Waals surface area contributed by atoms with Crippen LogP contribution in [0.25, 0.3) is 0 Å². The maximum atomic E-state index is 13.2. The molecular formula is C24H22O6. The van der Waals surface area contributed by atoms with Gasteiger partial charge in [0.1, 0.15) is 0 Å². The van der Waals surface area contributed by atoms with Gasteiger partial charge in [0.15, 0.2) is 23.0 Å². The lowest BCUT2D eigenvalue weighted by atomic mass is 9.77. The van der Waals surface area contributed by atoms with Crippen molar-refractivity contribution in [2.45, 2.75) is 26.2 Å². The van der Waals surface area contributed by atoms with Crippen molar-refractivity contribution in [2.75, 3.05) is 13.7 Å². The number of hydrogen-bond donors (Lipinski definition) is 0. The molecule has 0 saturated carbocycles. The van der Waals surface area contributed by atoms with Crippen LogP contribution in [0.4, 0.5) is 0 Å². The topological polar surface area (TPSA) is 78.9 Å². The molecule has 0 fully saturated rings. The maximum Gasteiger partial charge on any atom is 0.312 e. The van der Waals surface area contributed by atoms with Crippen LogP contribution in [0.3, 0.4) is 0 Å².